The van der Waals surface area contributed by atoms with Gasteiger partial charge in [-0.25, -0.2) is 0 Å². The molecule has 1 aromatic rings. The minimum atomic E-state index is -0.802. The molecule has 6 nitrogen and oxygen atoms in total. The van der Waals surface area contributed by atoms with Gasteiger partial charge >= 0.3 is 5.97 Å². The standard InChI is InChI=1S/C18H24ClNO5/c1-11(2)10-25-16-14(19)8-13(9-15(16)24-3)17(21)20-6-4-12(5-7-20)18(22)23/h8-9,11-12H,4-7,10H2,1-3H3,(H,22,23). The monoisotopic (exact) mass is 369 g/mol. The molecule has 0 aromatic heterocycles. The molecule has 2 rings (SSSR count). The number of benzene rings is 1. The maximum Gasteiger partial charge on any atom is 0.306 e. The van der Waals surface area contributed by atoms with Gasteiger partial charge < -0.3 is 19.5 Å². The van der Waals surface area contributed by atoms with Crippen LogP contribution in [0.4, 0.5) is 0 Å². The first-order chi connectivity index (χ1) is 11.8. The highest BCUT2D eigenvalue weighted by Gasteiger charge is 2.28. The van der Waals surface area contributed by atoms with Crippen LogP contribution < -0.4 is 9.47 Å². The van der Waals surface area contributed by atoms with Crippen LogP contribution in [0.5, 0.6) is 11.5 Å². The van der Waals surface area contributed by atoms with E-state index < -0.39 is 5.97 Å². The Morgan fingerprint density at radius 1 is 1.32 bits per heavy atom. The summed E-state index contributed by atoms with van der Waals surface area (Å²) in [4.78, 5) is 25.4. The predicted octanol–water partition coefficient (Wildman–Crippen LogP) is 3.32. The SMILES string of the molecule is COc1cc(C(=O)N2CCC(C(=O)O)CC2)cc(Cl)c1OCC(C)C. The van der Waals surface area contributed by atoms with E-state index in [2.05, 4.69) is 0 Å². The number of carbonyl (C=O) groups is 2. The van der Waals surface area contributed by atoms with Gasteiger partial charge in [0.25, 0.3) is 5.91 Å². The average molecular weight is 370 g/mol. The number of ether oxygens (including phenoxy) is 2. The van der Waals surface area contributed by atoms with Gasteiger partial charge in [0.15, 0.2) is 11.5 Å². The molecular formula is C18H24ClNO5. The highest BCUT2D eigenvalue weighted by Crippen LogP contribution is 2.37. The molecule has 0 saturated carbocycles. The second-order valence-corrected chi connectivity index (χ2v) is 7.01. The first kappa shape index (κ1) is 19.4. The van der Waals surface area contributed by atoms with Crippen LogP contribution in [0.2, 0.25) is 5.02 Å². The molecule has 1 heterocycles. The molecule has 0 unspecified atom stereocenters. The lowest BCUT2D eigenvalue weighted by Gasteiger charge is -2.30. The molecule has 1 N–H and O–H groups in total. The van der Waals surface area contributed by atoms with Gasteiger partial charge in [0, 0.05) is 18.7 Å². The van der Waals surface area contributed by atoms with Crippen LogP contribution in [0.15, 0.2) is 12.1 Å². The smallest absolute Gasteiger partial charge is 0.306 e. The second kappa shape index (κ2) is 8.43. The van der Waals surface area contributed by atoms with Crippen LogP contribution in [0.25, 0.3) is 0 Å². The quantitative estimate of drug-likeness (QED) is 0.832. The van der Waals surface area contributed by atoms with Crippen molar-refractivity contribution < 1.29 is 24.2 Å². The highest BCUT2D eigenvalue weighted by atomic mass is 35.5. The number of likely N-dealkylation sites (tertiary alicyclic amines) is 1. The van der Waals surface area contributed by atoms with Crippen molar-refractivity contribution >= 4 is 23.5 Å². The molecule has 1 saturated heterocycles. The normalized spacial score (nSPS) is 15.3. The first-order valence-electron chi connectivity index (χ1n) is 8.35. The molecule has 1 aliphatic heterocycles. The molecule has 0 spiro atoms. The Hall–Kier alpha value is -1.95. The van der Waals surface area contributed by atoms with E-state index in [4.69, 9.17) is 26.2 Å². The number of amides is 1. The van der Waals surface area contributed by atoms with Crippen molar-refractivity contribution in [2.24, 2.45) is 11.8 Å². The van der Waals surface area contributed by atoms with Gasteiger partial charge in [0.05, 0.1) is 24.7 Å². The van der Waals surface area contributed by atoms with E-state index in [9.17, 15) is 9.59 Å². The third-order valence-electron chi connectivity index (χ3n) is 4.17. The Morgan fingerprint density at radius 2 is 1.96 bits per heavy atom. The van der Waals surface area contributed by atoms with E-state index in [1.54, 1.807) is 17.0 Å². The summed E-state index contributed by atoms with van der Waals surface area (Å²) in [6, 6.07) is 3.19. The van der Waals surface area contributed by atoms with Crippen LogP contribution in [-0.4, -0.2) is 48.7 Å². The lowest BCUT2D eigenvalue weighted by molar-refractivity contribution is -0.143. The zero-order chi connectivity index (χ0) is 18.6. The molecule has 138 valence electrons. The molecule has 25 heavy (non-hydrogen) atoms. The predicted molar refractivity (Wildman–Crippen MR) is 94.6 cm³/mol. The van der Waals surface area contributed by atoms with Crippen LogP contribution in [0.1, 0.15) is 37.0 Å². The summed E-state index contributed by atoms with van der Waals surface area (Å²) in [6.45, 7) is 5.38. The summed E-state index contributed by atoms with van der Waals surface area (Å²) < 4.78 is 11.0. The van der Waals surface area contributed by atoms with Crippen LogP contribution in [0.3, 0.4) is 0 Å². The van der Waals surface area contributed by atoms with E-state index in [-0.39, 0.29) is 11.8 Å². The number of rotatable bonds is 6. The van der Waals surface area contributed by atoms with Crippen molar-refractivity contribution in [3.05, 3.63) is 22.7 Å². The molecule has 1 aliphatic rings. The third kappa shape index (κ3) is 4.78. The summed E-state index contributed by atoms with van der Waals surface area (Å²) in [6.07, 6.45) is 0.920. The molecule has 1 amide bonds. The van der Waals surface area contributed by atoms with E-state index in [1.807, 2.05) is 13.8 Å². The maximum absolute atomic E-state index is 12.7. The Kier molecular flexibility index (Phi) is 6.53. The number of hydrogen-bond acceptors (Lipinski definition) is 4. The summed E-state index contributed by atoms with van der Waals surface area (Å²) in [7, 11) is 1.50. The fourth-order valence-electron chi connectivity index (χ4n) is 2.75. The van der Waals surface area contributed by atoms with Gasteiger partial charge in [-0.3, -0.25) is 9.59 Å². The lowest BCUT2D eigenvalue weighted by atomic mass is 9.96. The van der Waals surface area contributed by atoms with Crippen molar-refractivity contribution in [3.8, 4) is 11.5 Å². The first-order valence-corrected chi connectivity index (χ1v) is 8.73. The van der Waals surface area contributed by atoms with Crippen molar-refractivity contribution in [3.63, 3.8) is 0 Å². The molecule has 7 heteroatoms. The number of methoxy groups -OCH3 is 1. The molecular weight excluding hydrogens is 346 g/mol. The van der Waals surface area contributed by atoms with Crippen molar-refractivity contribution in [2.45, 2.75) is 26.7 Å². The Bertz CT molecular complexity index is 639. The van der Waals surface area contributed by atoms with Gasteiger partial charge in [0.1, 0.15) is 0 Å². The number of carbonyl (C=O) groups excluding carboxylic acids is 1. The topological polar surface area (TPSA) is 76.1 Å². The van der Waals surface area contributed by atoms with Gasteiger partial charge in [-0.15, -0.1) is 0 Å². The number of carboxylic acids is 1. The molecule has 0 radical (unpaired) electrons. The fourth-order valence-corrected chi connectivity index (χ4v) is 3.01. The fraction of sp³-hybridized carbons (Fsp3) is 0.556. The molecule has 1 fully saturated rings. The van der Waals surface area contributed by atoms with E-state index in [0.717, 1.165) is 0 Å². The minimum Gasteiger partial charge on any atom is -0.493 e. The second-order valence-electron chi connectivity index (χ2n) is 6.60. The van der Waals surface area contributed by atoms with Crippen molar-refractivity contribution in [2.75, 3.05) is 26.8 Å². The third-order valence-corrected chi connectivity index (χ3v) is 4.45. The largest absolute Gasteiger partial charge is 0.493 e. The summed E-state index contributed by atoms with van der Waals surface area (Å²) >= 11 is 6.29. The van der Waals surface area contributed by atoms with E-state index >= 15 is 0 Å². The van der Waals surface area contributed by atoms with Crippen molar-refractivity contribution in [1.82, 2.24) is 4.90 Å². The Morgan fingerprint density at radius 3 is 2.48 bits per heavy atom. The summed E-state index contributed by atoms with van der Waals surface area (Å²) in [5.41, 5.74) is 0.410. The Balaban J connectivity index is 2.15. The summed E-state index contributed by atoms with van der Waals surface area (Å²) in [5, 5.41) is 9.38. The van der Waals surface area contributed by atoms with Crippen LogP contribution in [0, 0.1) is 11.8 Å². The highest BCUT2D eigenvalue weighted by molar-refractivity contribution is 6.32. The summed E-state index contributed by atoms with van der Waals surface area (Å²) in [5.74, 6) is -0.189. The number of carboxylic acid groups (broad SMARTS) is 1. The zero-order valence-corrected chi connectivity index (χ0v) is 15.5. The molecule has 0 bridgehead atoms. The molecule has 0 atom stereocenters. The lowest BCUT2D eigenvalue weighted by Crippen LogP contribution is -2.40. The number of hydrogen-bond donors (Lipinski definition) is 1. The number of aliphatic carboxylic acids is 1. The number of halogens is 1. The van der Waals surface area contributed by atoms with Gasteiger partial charge in [-0.05, 0) is 30.9 Å². The number of nitrogens with zero attached hydrogens (tertiary/aromatic N) is 1. The van der Waals surface area contributed by atoms with E-state index in [0.29, 0.717) is 60.5 Å². The van der Waals surface area contributed by atoms with Crippen molar-refractivity contribution in [1.29, 1.82) is 0 Å². The van der Waals surface area contributed by atoms with Crippen LogP contribution in [-0.2, 0) is 4.79 Å². The van der Waals surface area contributed by atoms with Gasteiger partial charge in [-0.1, -0.05) is 25.4 Å². The van der Waals surface area contributed by atoms with Gasteiger partial charge in [-0.2, -0.15) is 0 Å². The zero-order valence-electron chi connectivity index (χ0n) is 14.8. The maximum atomic E-state index is 12.7. The molecule has 0 aliphatic carbocycles. The minimum absolute atomic E-state index is 0.181. The van der Waals surface area contributed by atoms with E-state index in [1.165, 1.54) is 7.11 Å². The number of piperidine rings is 1. The van der Waals surface area contributed by atoms with Crippen LogP contribution >= 0.6 is 11.6 Å². The van der Waals surface area contributed by atoms with Gasteiger partial charge in [0.2, 0.25) is 0 Å². The average Bonchev–Trinajstić information content (AvgIpc) is 2.59. The Labute approximate surface area is 152 Å². The molecule has 1 aromatic carbocycles.